The molecule has 0 radical (unpaired) electrons. The molecule has 2 aliphatic heterocycles. The zero-order valence-corrected chi connectivity index (χ0v) is 16.0. The van der Waals surface area contributed by atoms with Gasteiger partial charge in [0.1, 0.15) is 12.4 Å². The van der Waals surface area contributed by atoms with Crippen molar-refractivity contribution in [2.45, 2.75) is 12.8 Å². The molecule has 5 nitrogen and oxygen atoms in total. The lowest BCUT2D eigenvalue weighted by Gasteiger charge is -2.35. The van der Waals surface area contributed by atoms with Crippen LogP contribution in [0.3, 0.4) is 0 Å². The van der Waals surface area contributed by atoms with Crippen LogP contribution < -0.4 is 4.74 Å². The highest BCUT2D eigenvalue weighted by atomic mass is 16.5. The number of fused-ring (bicyclic) bond motifs is 1. The Morgan fingerprint density at radius 3 is 2.41 bits per heavy atom. The van der Waals surface area contributed by atoms with Crippen LogP contribution in [0.2, 0.25) is 0 Å². The summed E-state index contributed by atoms with van der Waals surface area (Å²) in [6.07, 6.45) is 2.47. The van der Waals surface area contributed by atoms with Gasteiger partial charge < -0.3 is 9.64 Å². The largest absolute Gasteiger partial charge is 0.492 e. The van der Waals surface area contributed by atoms with Crippen molar-refractivity contribution in [2.75, 3.05) is 59.0 Å². The molecule has 0 aromatic heterocycles. The first kappa shape index (κ1) is 18.3. The van der Waals surface area contributed by atoms with E-state index in [1.165, 1.54) is 18.2 Å². The molecule has 0 aliphatic carbocycles. The average molecular weight is 367 g/mol. The summed E-state index contributed by atoms with van der Waals surface area (Å²) in [7, 11) is 0. The Balaban J connectivity index is 1.21. The van der Waals surface area contributed by atoms with E-state index in [0.29, 0.717) is 19.1 Å². The standard InChI is InChI=1S/C22H29N3O2/c26-22(18-24-10-3-4-11-24)25-14-12-23(13-15-25)16-17-27-21-9-5-7-19-6-1-2-8-20(19)21/h1-2,5-9H,3-4,10-18H2. The summed E-state index contributed by atoms with van der Waals surface area (Å²) in [5.41, 5.74) is 0. The molecule has 2 saturated heterocycles. The van der Waals surface area contributed by atoms with Crippen LogP contribution in [0.5, 0.6) is 5.75 Å². The molecule has 2 fully saturated rings. The van der Waals surface area contributed by atoms with Crippen LogP contribution in [-0.4, -0.2) is 79.6 Å². The number of carbonyl (C=O) groups excluding carboxylic acids is 1. The van der Waals surface area contributed by atoms with Crippen LogP contribution in [0.4, 0.5) is 0 Å². The molecule has 2 heterocycles. The summed E-state index contributed by atoms with van der Waals surface area (Å²) in [5, 5.41) is 2.37. The molecule has 2 aromatic carbocycles. The molecule has 0 unspecified atom stereocenters. The Labute approximate surface area is 161 Å². The van der Waals surface area contributed by atoms with E-state index in [4.69, 9.17) is 4.74 Å². The number of carbonyl (C=O) groups is 1. The van der Waals surface area contributed by atoms with Gasteiger partial charge in [-0.3, -0.25) is 14.6 Å². The number of nitrogens with zero attached hydrogens (tertiary/aromatic N) is 3. The van der Waals surface area contributed by atoms with Gasteiger partial charge in [-0.25, -0.2) is 0 Å². The number of hydrogen-bond acceptors (Lipinski definition) is 4. The van der Waals surface area contributed by atoms with Gasteiger partial charge in [0.25, 0.3) is 0 Å². The highest BCUT2D eigenvalue weighted by Crippen LogP contribution is 2.25. The number of likely N-dealkylation sites (tertiary alicyclic amines) is 1. The van der Waals surface area contributed by atoms with E-state index in [1.54, 1.807) is 0 Å². The first-order valence-corrected chi connectivity index (χ1v) is 10.1. The smallest absolute Gasteiger partial charge is 0.236 e. The third-order valence-corrected chi connectivity index (χ3v) is 5.70. The van der Waals surface area contributed by atoms with E-state index in [1.807, 2.05) is 23.1 Å². The fourth-order valence-electron chi connectivity index (χ4n) is 4.06. The quantitative estimate of drug-likeness (QED) is 0.786. The molecule has 144 valence electrons. The molecule has 0 saturated carbocycles. The maximum absolute atomic E-state index is 12.4. The van der Waals surface area contributed by atoms with Crippen LogP contribution in [0, 0.1) is 0 Å². The number of rotatable bonds is 6. The summed E-state index contributed by atoms with van der Waals surface area (Å²) >= 11 is 0. The minimum atomic E-state index is 0.295. The summed E-state index contributed by atoms with van der Waals surface area (Å²) in [6.45, 7) is 7.88. The first-order valence-electron chi connectivity index (χ1n) is 10.1. The maximum atomic E-state index is 12.4. The van der Waals surface area contributed by atoms with Crippen molar-refractivity contribution >= 4 is 16.7 Å². The maximum Gasteiger partial charge on any atom is 0.236 e. The number of benzene rings is 2. The molecule has 1 amide bonds. The van der Waals surface area contributed by atoms with Gasteiger partial charge in [-0.2, -0.15) is 0 Å². The van der Waals surface area contributed by atoms with E-state index in [-0.39, 0.29) is 0 Å². The molecule has 2 aliphatic rings. The van der Waals surface area contributed by atoms with Crippen molar-refractivity contribution in [3.63, 3.8) is 0 Å². The minimum absolute atomic E-state index is 0.295. The second kappa shape index (κ2) is 8.72. The van der Waals surface area contributed by atoms with Crippen LogP contribution in [0.15, 0.2) is 42.5 Å². The Morgan fingerprint density at radius 1 is 0.852 bits per heavy atom. The zero-order valence-electron chi connectivity index (χ0n) is 16.0. The predicted octanol–water partition coefficient (Wildman–Crippen LogP) is 2.46. The van der Waals surface area contributed by atoms with Crippen LogP contribution in [0.25, 0.3) is 10.8 Å². The van der Waals surface area contributed by atoms with Gasteiger partial charge >= 0.3 is 0 Å². The third kappa shape index (κ3) is 4.60. The Kier molecular flexibility index (Phi) is 5.90. The monoisotopic (exact) mass is 367 g/mol. The summed E-state index contributed by atoms with van der Waals surface area (Å²) in [4.78, 5) is 19.1. The molecule has 0 bridgehead atoms. The van der Waals surface area contributed by atoms with Gasteiger partial charge in [0.15, 0.2) is 0 Å². The molecular weight excluding hydrogens is 338 g/mol. The third-order valence-electron chi connectivity index (χ3n) is 5.70. The minimum Gasteiger partial charge on any atom is -0.492 e. The summed E-state index contributed by atoms with van der Waals surface area (Å²) in [6, 6.07) is 14.5. The molecule has 2 aromatic rings. The van der Waals surface area contributed by atoms with Crippen molar-refractivity contribution in [3.8, 4) is 5.75 Å². The average Bonchev–Trinajstić information content (AvgIpc) is 3.22. The van der Waals surface area contributed by atoms with Gasteiger partial charge in [0.2, 0.25) is 5.91 Å². The number of piperazine rings is 1. The zero-order chi connectivity index (χ0) is 18.5. The fourth-order valence-corrected chi connectivity index (χ4v) is 4.06. The second-order valence-corrected chi connectivity index (χ2v) is 7.53. The lowest BCUT2D eigenvalue weighted by Crippen LogP contribution is -2.51. The van der Waals surface area contributed by atoms with E-state index in [2.05, 4.69) is 34.1 Å². The Morgan fingerprint density at radius 2 is 1.59 bits per heavy atom. The van der Waals surface area contributed by atoms with E-state index < -0.39 is 0 Å². The molecule has 0 N–H and O–H groups in total. The fraction of sp³-hybridized carbons (Fsp3) is 0.500. The summed E-state index contributed by atoms with van der Waals surface area (Å²) < 4.78 is 6.06. The van der Waals surface area contributed by atoms with Crippen LogP contribution in [-0.2, 0) is 4.79 Å². The van der Waals surface area contributed by atoms with Gasteiger partial charge in [-0.05, 0) is 37.4 Å². The first-order chi connectivity index (χ1) is 13.3. The predicted molar refractivity (Wildman–Crippen MR) is 108 cm³/mol. The van der Waals surface area contributed by atoms with Gasteiger partial charge in [0.05, 0.1) is 6.54 Å². The molecule has 0 spiro atoms. The van der Waals surface area contributed by atoms with Crippen LogP contribution in [0.1, 0.15) is 12.8 Å². The molecule has 0 atom stereocenters. The van der Waals surface area contributed by atoms with Crippen LogP contribution >= 0.6 is 0 Å². The lowest BCUT2D eigenvalue weighted by molar-refractivity contribution is -0.133. The molecule has 27 heavy (non-hydrogen) atoms. The van der Waals surface area contributed by atoms with Crippen molar-refractivity contribution in [1.29, 1.82) is 0 Å². The normalized spacial score (nSPS) is 18.9. The lowest BCUT2D eigenvalue weighted by atomic mass is 10.1. The number of amides is 1. The van der Waals surface area contributed by atoms with Crippen molar-refractivity contribution in [1.82, 2.24) is 14.7 Å². The highest BCUT2D eigenvalue weighted by molar-refractivity contribution is 5.88. The SMILES string of the molecule is O=C(CN1CCCC1)N1CCN(CCOc2cccc3ccccc23)CC1. The van der Waals surface area contributed by atoms with E-state index >= 15 is 0 Å². The van der Waals surface area contributed by atoms with Crippen molar-refractivity contribution in [3.05, 3.63) is 42.5 Å². The second-order valence-electron chi connectivity index (χ2n) is 7.53. The molecular formula is C22H29N3O2. The molecule has 4 rings (SSSR count). The summed E-state index contributed by atoms with van der Waals surface area (Å²) in [5.74, 6) is 1.25. The Hall–Kier alpha value is -2.11. The van der Waals surface area contributed by atoms with Crippen molar-refractivity contribution in [2.24, 2.45) is 0 Å². The van der Waals surface area contributed by atoms with Gasteiger partial charge in [-0.1, -0.05) is 36.4 Å². The van der Waals surface area contributed by atoms with E-state index in [9.17, 15) is 4.79 Å². The Bertz CT molecular complexity index is 760. The number of hydrogen-bond donors (Lipinski definition) is 0. The van der Waals surface area contributed by atoms with E-state index in [0.717, 1.165) is 56.9 Å². The topological polar surface area (TPSA) is 36.0 Å². The number of ether oxygens (including phenoxy) is 1. The highest BCUT2D eigenvalue weighted by Gasteiger charge is 2.23. The van der Waals surface area contributed by atoms with Gasteiger partial charge in [-0.15, -0.1) is 0 Å². The van der Waals surface area contributed by atoms with Gasteiger partial charge in [0, 0.05) is 38.1 Å². The molecule has 5 heteroatoms. The van der Waals surface area contributed by atoms with Crippen molar-refractivity contribution < 1.29 is 9.53 Å².